The standard InChI is InChI=1S/C13H24N2/c1-11(2)8-9-15-13-7-5-3-4-6-12(13)10-14/h11-13,15H,3-9H2,1-2H3. The second-order valence-electron chi connectivity index (χ2n) is 5.12. The first-order valence-corrected chi connectivity index (χ1v) is 6.37. The highest BCUT2D eigenvalue weighted by atomic mass is 14.9. The number of nitriles is 1. The maximum absolute atomic E-state index is 9.10. The Kier molecular flexibility index (Phi) is 5.71. The van der Waals surface area contributed by atoms with Gasteiger partial charge in [-0.1, -0.05) is 33.1 Å². The third-order valence-electron chi connectivity index (χ3n) is 3.31. The molecule has 1 aliphatic carbocycles. The maximum Gasteiger partial charge on any atom is 0.0672 e. The summed E-state index contributed by atoms with van der Waals surface area (Å²) in [4.78, 5) is 0. The van der Waals surface area contributed by atoms with Crippen molar-refractivity contribution < 1.29 is 0 Å². The van der Waals surface area contributed by atoms with Crippen LogP contribution in [-0.2, 0) is 0 Å². The summed E-state index contributed by atoms with van der Waals surface area (Å²) >= 11 is 0. The highest BCUT2D eigenvalue weighted by molar-refractivity contribution is 4.93. The van der Waals surface area contributed by atoms with Gasteiger partial charge in [0.05, 0.1) is 12.0 Å². The van der Waals surface area contributed by atoms with Gasteiger partial charge < -0.3 is 5.32 Å². The van der Waals surface area contributed by atoms with Crippen LogP contribution < -0.4 is 5.32 Å². The summed E-state index contributed by atoms with van der Waals surface area (Å²) in [7, 11) is 0. The van der Waals surface area contributed by atoms with E-state index in [0.29, 0.717) is 6.04 Å². The summed E-state index contributed by atoms with van der Waals surface area (Å²) in [5.41, 5.74) is 0. The van der Waals surface area contributed by atoms with Gasteiger partial charge in [0, 0.05) is 6.04 Å². The molecule has 0 saturated heterocycles. The number of rotatable bonds is 4. The highest BCUT2D eigenvalue weighted by Crippen LogP contribution is 2.22. The van der Waals surface area contributed by atoms with Crippen LogP contribution in [0.1, 0.15) is 52.4 Å². The molecular weight excluding hydrogens is 184 g/mol. The monoisotopic (exact) mass is 208 g/mol. The zero-order valence-corrected chi connectivity index (χ0v) is 10.1. The van der Waals surface area contributed by atoms with E-state index in [1.165, 1.54) is 32.1 Å². The van der Waals surface area contributed by atoms with E-state index in [-0.39, 0.29) is 5.92 Å². The zero-order valence-electron chi connectivity index (χ0n) is 10.1. The Morgan fingerprint density at radius 1 is 1.27 bits per heavy atom. The molecule has 0 spiro atoms. The van der Waals surface area contributed by atoms with E-state index in [1.54, 1.807) is 0 Å². The molecule has 2 heteroatoms. The quantitative estimate of drug-likeness (QED) is 0.721. The molecule has 0 aromatic rings. The molecule has 0 heterocycles. The van der Waals surface area contributed by atoms with Gasteiger partial charge in [-0.2, -0.15) is 5.26 Å². The molecule has 0 radical (unpaired) electrons. The van der Waals surface area contributed by atoms with Crippen LogP contribution in [0.5, 0.6) is 0 Å². The summed E-state index contributed by atoms with van der Waals surface area (Å²) in [6, 6.07) is 2.92. The van der Waals surface area contributed by atoms with Gasteiger partial charge in [-0.15, -0.1) is 0 Å². The van der Waals surface area contributed by atoms with Crippen molar-refractivity contribution in [1.29, 1.82) is 5.26 Å². The van der Waals surface area contributed by atoms with Crippen molar-refractivity contribution in [2.75, 3.05) is 6.54 Å². The Morgan fingerprint density at radius 2 is 2.00 bits per heavy atom. The normalized spacial score (nSPS) is 27.3. The minimum Gasteiger partial charge on any atom is -0.313 e. The van der Waals surface area contributed by atoms with E-state index >= 15 is 0 Å². The zero-order chi connectivity index (χ0) is 11.1. The summed E-state index contributed by atoms with van der Waals surface area (Å²) < 4.78 is 0. The Labute approximate surface area is 94.1 Å². The van der Waals surface area contributed by atoms with Crippen LogP contribution >= 0.6 is 0 Å². The van der Waals surface area contributed by atoms with Gasteiger partial charge in [0.25, 0.3) is 0 Å². The Hall–Kier alpha value is -0.550. The summed E-state index contributed by atoms with van der Waals surface area (Å²) in [5.74, 6) is 1.00. The molecule has 1 aliphatic rings. The van der Waals surface area contributed by atoms with Gasteiger partial charge in [0.1, 0.15) is 0 Å². The van der Waals surface area contributed by atoms with Crippen molar-refractivity contribution in [1.82, 2.24) is 5.32 Å². The molecule has 15 heavy (non-hydrogen) atoms. The van der Waals surface area contributed by atoms with E-state index in [2.05, 4.69) is 25.2 Å². The Balaban J connectivity index is 2.32. The first-order chi connectivity index (χ1) is 7.24. The molecule has 0 aromatic carbocycles. The first-order valence-electron chi connectivity index (χ1n) is 6.37. The van der Waals surface area contributed by atoms with Gasteiger partial charge in [-0.05, 0) is 31.7 Å². The molecule has 1 rings (SSSR count). The lowest BCUT2D eigenvalue weighted by Gasteiger charge is -2.21. The van der Waals surface area contributed by atoms with Crippen molar-refractivity contribution in [2.45, 2.75) is 58.4 Å². The predicted octanol–water partition coefficient (Wildman–Crippen LogP) is 3.09. The van der Waals surface area contributed by atoms with Crippen LogP contribution in [-0.4, -0.2) is 12.6 Å². The molecule has 86 valence electrons. The average molecular weight is 208 g/mol. The van der Waals surface area contributed by atoms with Gasteiger partial charge in [0.15, 0.2) is 0 Å². The highest BCUT2D eigenvalue weighted by Gasteiger charge is 2.22. The lowest BCUT2D eigenvalue weighted by Crippen LogP contribution is -2.36. The van der Waals surface area contributed by atoms with Crippen LogP contribution in [0.4, 0.5) is 0 Å². The predicted molar refractivity (Wildman–Crippen MR) is 63.4 cm³/mol. The number of hydrogen-bond acceptors (Lipinski definition) is 2. The summed E-state index contributed by atoms with van der Waals surface area (Å²) in [5, 5.41) is 12.7. The average Bonchev–Trinajstić information content (AvgIpc) is 2.42. The second kappa shape index (κ2) is 6.85. The van der Waals surface area contributed by atoms with Crippen LogP contribution in [0.2, 0.25) is 0 Å². The van der Waals surface area contributed by atoms with Crippen LogP contribution in [0.25, 0.3) is 0 Å². The number of nitrogens with one attached hydrogen (secondary N) is 1. The van der Waals surface area contributed by atoms with E-state index in [4.69, 9.17) is 5.26 Å². The molecule has 2 atom stereocenters. The Bertz CT molecular complexity index is 205. The summed E-state index contributed by atoms with van der Waals surface area (Å²) in [6.45, 7) is 5.56. The smallest absolute Gasteiger partial charge is 0.0672 e. The van der Waals surface area contributed by atoms with Crippen molar-refractivity contribution in [3.63, 3.8) is 0 Å². The fraction of sp³-hybridized carbons (Fsp3) is 0.923. The van der Waals surface area contributed by atoms with Crippen LogP contribution in [0.15, 0.2) is 0 Å². The molecule has 2 nitrogen and oxygen atoms in total. The molecule has 0 bridgehead atoms. The lowest BCUT2D eigenvalue weighted by molar-refractivity contribution is 0.381. The van der Waals surface area contributed by atoms with E-state index in [9.17, 15) is 0 Å². The van der Waals surface area contributed by atoms with Crippen LogP contribution in [0, 0.1) is 23.2 Å². The fourth-order valence-corrected chi connectivity index (χ4v) is 2.26. The molecule has 1 N–H and O–H groups in total. The Morgan fingerprint density at radius 3 is 2.67 bits per heavy atom. The lowest BCUT2D eigenvalue weighted by atomic mass is 9.96. The molecule has 0 aromatic heterocycles. The minimum atomic E-state index is 0.250. The largest absolute Gasteiger partial charge is 0.313 e. The molecular formula is C13H24N2. The number of nitrogens with zero attached hydrogens (tertiary/aromatic N) is 1. The van der Waals surface area contributed by atoms with Crippen molar-refractivity contribution in [2.24, 2.45) is 11.8 Å². The molecule has 0 amide bonds. The first kappa shape index (κ1) is 12.5. The maximum atomic E-state index is 9.10. The van der Waals surface area contributed by atoms with Gasteiger partial charge in [-0.25, -0.2) is 0 Å². The summed E-state index contributed by atoms with van der Waals surface area (Å²) in [6.07, 6.45) is 7.33. The van der Waals surface area contributed by atoms with Gasteiger partial charge >= 0.3 is 0 Å². The van der Waals surface area contributed by atoms with E-state index in [0.717, 1.165) is 18.9 Å². The molecule has 2 unspecified atom stereocenters. The third-order valence-corrected chi connectivity index (χ3v) is 3.31. The van der Waals surface area contributed by atoms with E-state index in [1.807, 2.05) is 0 Å². The van der Waals surface area contributed by atoms with Crippen LogP contribution in [0.3, 0.4) is 0 Å². The third kappa shape index (κ3) is 4.66. The van der Waals surface area contributed by atoms with Crippen molar-refractivity contribution in [3.05, 3.63) is 0 Å². The second-order valence-corrected chi connectivity index (χ2v) is 5.12. The molecule has 1 fully saturated rings. The van der Waals surface area contributed by atoms with Gasteiger partial charge in [-0.3, -0.25) is 0 Å². The molecule has 1 saturated carbocycles. The topological polar surface area (TPSA) is 35.8 Å². The minimum absolute atomic E-state index is 0.250. The van der Waals surface area contributed by atoms with Crippen molar-refractivity contribution >= 4 is 0 Å². The van der Waals surface area contributed by atoms with Crippen molar-refractivity contribution in [3.8, 4) is 6.07 Å². The number of hydrogen-bond donors (Lipinski definition) is 1. The SMILES string of the molecule is CC(C)CCNC1CCCCCC1C#N. The fourth-order valence-electron chi connectivity index (χ4n) is 2.26. The van der Waals surface area contributed by atoms with Gasteiger partial charge in [0.2, 0.25) is 0 Å². The van der Waals surface area contributed by atoms with E-state index < -0.39 is 0 Å². The molecule has 0 aliphatic heterocycles.